The van der Waals surface area contributed by atoms with Gasteiger partial charge in [0.2, 0.25) is 5.75 Å². The van der Waals surface area contributed by atoms with E-state index < -0.39 is 11.6 Å². The zero-order valence-corrected chi connectivity index (χ0v) is 7.46. The average molecular weight is 185 g/mol. The predicted molar refractivity (Wildman–Crippen MR) is 45.9 cm³/mol. The van der Waals surface area contributed by atoms with Gasteiger partial charge >= 0.3 is 11.6 Å². The number of primary amides is 1. The SMILES string of the molecule is CCOc1c(C)[nH]n(C(N)=O)c1=O. The minimum absolute atomic E-state index is 0.140. The number of nitrogens with two attached hydrogens (primary N) is 1. The minimum atomic E-state index is -0.848. The number of ether oxygens (including phenoxy) is 1. The largest absolute Gasteiger partial charge is 0.487 e. The van der Waals surface area contributed by atoms with Crippen molar-refractivity contribution in [3.63, 3.8) is 0 Å². The van der Waals surface area contributed by atoms with Crippen LogP contribution in [0.5, 0.6) is 5.75 Å². The highest BCUT2D eigenvalue weighted by atomic mass is 16.5. The number of aryl methyl sites for hydroxylation is 1. The number of hydrogen-bond acceptors (Lipinski definition) is 3. The van der Waals surface area contributed by atoms with Crippen LogP contribution in [0, 0.1) is 6.92 Å². The van der Waals surface area contributed by atoms with Gasteiger partial charge in [0.05, 0.1) is 12.3 Å². The Balaban J connectivity index is 3.23. The van der Waals surface area contributed by atoms with Crippen molar-refractivity contribution >= 4 is 6.03 Å². The van der Waals surface area contributed by atoms with Crippen molar-refractivity contribution in [1.82, 2.24) is 9.78 Å². The van der Waals surface area contributed by atoms with Crippen LogP contribution in [0.2, 0.25) is 0 Å². The maximum Gasteiger partial charge on any atom is 0.341 e. The number of rotatable bonds is 2. The summed E-state index contributed by atoms with van der Waals surface area (Å²) in [6.07, 6.45) is 0. The Morgan fingerprint density at radius 1 is 1.69 bits per heavy atom. The summed E-state index contributed by atoms with van der Waals surface area (Å²) in [7, 11) is 0. The van der Waals surface area contributed by atoms with E-state index in [-0.39, 0.29) is 5.75 Å². The molecule has 6 nitrogen and oxygen atoms in total. The summed E-state index contributed by atoms with van der Waals surface area (Å²) in [5.74, 6) is 0.140. The van der Waals surface area contributed by atoms with Crippen molar-refractivity contribution in [2.24, 2.45) is 5.73 Å². The van der Waals surface area contributed by atoms with E-state index in [0.717, 1.165) is 0 Å². The Labute approximate surface area is 74.3 Å². The van der Waals surface area contributed by atoms with Crippen LogP contribution < -0.4 is 16.0 Å². The number of carbonyl (C=O) groups is 1. The lowest BCUT2D eigenvalue weighted by Gasteiger charge is -1.96. The van der Waals surface area contributed by atoms with Crippen LogP contribution in [0.1, 0.15) is 12.6 Å². The number of amides is 1. The summed E-state index contributed by atoms with van der Waals surface area (Å²) < 4.78 is 5.73. The third-order valence-electron chi connectivity index (χ3n) is 1.53. The maximum atomic E-state index is 11.3. The molecule has 0 saturated heterocycles. The van der Waals surface area contributed by atoms with E-state index in [1.165, 1.54) is 0 Å². The van der Waals surface area contributed by atoms with E-state index in [4.69, 9.17) is 10.5 Å². The first-order valence-electron chi connectivity index (χ1n) is 3.82. The third-order valence-corrected chi connectivity index (χ3v) is 1.53. The molecule has 1 aromatic rings. The smallest absolute Gasteiger partial charge is 0.341 e. The second-order valence-electron chi connectivity index (χ2n) is 2.48. The molecule has 13 heavy (non-hydrogen) atoms. The van der Waals surface area contributed by atoms with E-state index in [1.54, 1.807) is 13.8 Å². The van der Waals surface area contributed by atoms with Crippen molar-refractivity contribution in [2.45, 2.75) is 13.8 Å². The molecule has 1 rings (SSSR count). The monoisotopic (exact) mass is 185 g/mol. The number of nitrogens with zero attached hydrogens (tertiary/aromatic N) is 1. The number of H-pyrrole nitrogens is 1. The molecule has 1 heterocycles. The van der Waals surface area contributed by atoms with Crippen molar-refractivity contribution < 1.29 is 9.53 Å². The Kier molecular flexibility index (Phi) is 2.41. The van der Waals surface area contributed by atoms with Crippen LogP contribution in [0.15, 0.2) is 4.79 Å². The number of aromatic amines is 1. The number of aromatic nitrogens is 2. The van der Waals surface area contributed by atoms with Gasteiger partial charge in [0.1, 0.15) is 0 Å². The number of hydrogen-bond donors (Lipinski definition) is 2. The van der Waals surface area contributed by atoms with Gasteiger partial charge in [-0.05, 0) is 13.8 Å². The Hall–Kier alpha value is -1.72. The highest BCUT2D eigenvalue weighted by Crippen LogP contribution is 2.07. The molecule has 0 radical (unpaired) electrons. The molecule has 1 aromatic heterocycles. The summed E-state index contributed by atoms with van der Waals surface area (Å²) in [5.41, 5.74) is 4.87. The minimum Gasteiger partial charge on any atom is -0.487 e. The van der Waals surface area contributed by atoms with E-state index in [1.807, 2.05) is 0 Å². The van der Waals surface area contributed by atoms with Crippen LogP contribution in [0.3, 0.4) is 0 Å². The van der Waals surface area contributed by atoms with Gasteiger partial charge in [0, 0.05) is 0 Å². The molecule has 0 aliphatic heterocycles. The van der Waals surface area contributed by atoms with Crippen molar-refractivity contribution in [3.05, 3.63) is 16.0 Å². The number of nitrogens with one attached hydrogen (secondary N) is 1. The third kappa shape index (κ3) is 1.56. The second kappa shape index (κ2) is 3.34. The van der Waals surface area contributed by atoms with E-state index in [0.29, 0.717) is 17.0 Å². The Bertz CT molecular complexity index is 377. The van der Waals surface area contributed by atoms with Crippen molar-refractivity contribution in [2.75, 3.05) is 6.61 Å². The van der Waals surface area contributed by atoms with Crippen LogP contribution >= 0.6 is 0 Å². The Morgan fingerprint density at radius 2 is 2.31 bits per heavy atom. The molecule has 0 aliphatic carbocycles. The fourth-order valence-corrected chi connectivity index (χ4v) is 1.00. The molecule has 0 spiro atoms. The Morgan fingerprint density at radius 3 is 2.69 bits per heavy atom. The molecule has 1 amide bonds. The van der Waals surface area contributed by atoms with Gasteiger partial charge in [-0.25, -0.2) is 4.79 Å². The predicted octanol–water partition coefficient (Wildman–Crippen LogP) is -0.190. The van der Waals surface area contributed by atoms with Gasteiger partial charge in [0.25, 0.3) is 0 Å². The molecule has 0 unspecified atom stereocenters. The van der Waals surface area contributed by atoms with Crippen molar-refractivity contribution in [1.29, 1.82) is 0 Å². The van der Waals surface area contributed by atoms with Crippen molar-refractivity contribution in [3.8, 4) is 5.75 Å². The molecule has 0 atom stereocenters. The maximum absolute atomic E-state index is 11.3. The average Bonchev–Trinajstić information content (AvgIpc) is 2.32. The zero-order valence-electron chi connectivity index (χ0n) is 7.46. The molecule has 0 aliphatic rings. The molecule has 0 aromatic carbocycles. The molecular weight excluding hydrogens is 174 g/mol. The molecule has 3 N–H and O–H groups in total. The van der Waals surface area contributed by atoms with Crippen LogP contribution in [-0.4, -0.2) is 22.4 Å². The molecule has 0 saturated carbocycles. The van der Waals surface area contributed by atoms with Gasteiger partial charge in [-0.1, -0.05) is 0 Å². The standard InChI is InChI=1S/C7H11N3O3/c1-3-13-5-4(2)9-10(6(5)11)7(8)12/h9H,3H2,1-2H3,(H2,8,12). The highest BCUT2D eigenvalue weighted by molar-refractivity contribution is 5.73. The first-order valence-corrected chi connectivity index (χ1v) is 3.82. The lowest BCUT2D eigenvalue weighted by molar-refractivity contribution is 0.246. The fourth-order valence-electron chi connectivity index (χ4n) is 1.00. The first kappa shape index (κ1) is 9.37. The quantitative estimate of drug-likeness (QED) is 0.669. The summed E-state index contributed by atoms with van der Waals surface area (Å²) >= 11 is 0. The van der Waals surface area contributed by atoms with Crippen LogP contribution in [-0.2, 0) is 0 Å². The van der Waals surface area contributed by atoms with Gasteiger partial charge in [0.15, 0.2) is 0 Å². The fraction of sp³-hybridized carbons (Fsp3) is 0.429. The van der Waals surface area contributed by atoms with Gasteiger partial charge in [-0.15, -0.1) is 0 Å². The second-order valence-corrected chi connectivity index (χ2v) is 2.48. The summed E-state index contributed by atoms with van der Waals surface area (Å²) in [6, 6.07) is -0.848. The van der Waals surface area contributed by atoms with Gasteiger partial charge < -0.3 is 10.5 Å². The highest BCUT2D eigenvalue weighted by Gasteiger charge is 2.14. The summed E-state index contributed by atoms with van der Waals surface area (Å²) in [4.78, 5) is 22.0. The lowest BCUT2D eigenvalue weighted by Crippen LogP contribution is -2.30. The summed E-state index contributed by atoms with van der Waals surface area (Å²) in [5, 5.41) is 2.50. The molecule has 0 bridgehead atoms. The van der Waals surface area contributed by atoms with Crippen LogP contribution in [0.4, 0.5) is 4.79 Å². The van der Waals surface area contributed by atoms with Gasteiger partial charge in [-0.3, -0.25) is 9.89 Å². The zero-order chi connectivity index (χ0) is 10.0. The normalized spacial score (nSPS) is 10.0. The lowest BCUT2D eigenvalue weighted by atomic mass is 10.4. The van der Waals surface area contributed by atoms with Gasteiger partial charge in [-0.2, -0.15) is 4.68 Å². The first-order chi connectivity index (χ1) is 6.07. The molecular formula is C7H11N3O3. The molecule has 6 heteroatoms. The van der Waals surface area contributed by atoms with Crippen LogP contribution in [0.25, 0.3) is 0 Å². The number of carbonyl (C=O) groups excluding carboxylic acids is 1. The van der Waals surface area contributed by atoms with E-state index in [9.17, 15) is 9.59 Å². The summed E-state index contributed by atoms with van der Waals surface area (Å²) in [6.45, 7) is 3.75. The van der Waals surface area contributed by atoms with E-state index in [2.05, 4.69) is 5.10 Å². The molecule has 0 fully saturated rings. The topological polar surface area (TPSA) is 90.1 Å². The molecule has 72 valence electrons. The van der Waals surface area contributed by atoms with E-state index >= 15 is 0 Å².